The number of benzene rings is 1. The Morgan fingerprint density at radius 1 is 1.26 bits per heavy atom. The Morgan fingerprint density at radius 3 is 2.74 bits per heavy atom. The molecule has 3 rings (SSSR count). The summed E-state index contributed by atoms with van der Waals surface area (Å²) in [5, 5.41) is 10.0. The molecule has 5 heteroatoms. The first-order valence-electron chi connectivity index (χ1n) is 8.48. The van der Waals surface area contributed by atoms with E-state index >= 15 is 0 Å². The standard InChI is InChI=1S/C18H25F2NOS/c19-15-3-2-14(17(20)10-15)11-18(13-22)6-1-7-21(12-18)16-4-8-23-9-5-16/h2-3,10,16,22H,1,4-9,11-13H2. The van der Waals surface area contributed by atoms with Crippen LogP contribution in [0.15, 0.2) is 18.2 Å². The first-order valence-corrected chi connectivity index (χ1v) is 9.64. The second-order valence-electron chi connectivity index (χ2n) is 6.99. The zero-order valence-electron chi connectivity index (χ0n) is 13.4. The summed E-state index contributed by atoms with van der Waals surface area (Å²) in [6, 6.07) is 4.38. The maximum absolute atomic E-state index is 14.0. The highest BCUT2D eigenvalue weighted by molar-refractivity contribution is 7.99. The van der Waals surface area contributed by atoms with Crippen molar-refractivity contribution in [3.8, 4) is 0 Å². The van der Waals surface area contributed by atoms with Crippen LogP contribution in [0, 0.1) is 17.0 Å². The Balaban J connectivity index is 1.73. The van der Waals surface area contributed by atoms with Crippen molar-refractivity contribution in [2.24, 2.45) is 5.41 Å². The number of halogens is 2. The van der Waals surface area contributed by atoms with Gasteiger partial charge >= 0.3 is 0 Å². The summed E-state index contributed by atoms with van der Waals surface area (Å²) in [5.41, 5.74) is 0.211. The molecule has 2 heterocycles. The van der Waals surface area contributed by atoms with Gasteiger partial charge < -0.3 is 5.11 Å². The van der Waals surface area contributed by atoms with E-state index in [4.69, 9.17) is 0 Å². The van der Waals surface area contributed by atoms with E-state index < -0.39 is 11.6 Å². The molecule has 128 valence electrons. The molecule has 0 aliphatic carbocycles. The molecule has 1 N–H and O–H groups in total. The number of nitrogens with zero attached hydrogens (tertiary/aromatic N) is 1. The summed E-state index contributed by atoms with van der Waals surface area (Å²) >= 11 is 2.01. The van der Waals surface area contributed by atoms with Crippen LogP contribution in [0.4, 0.5) is 8.78 Å². The molecule has 2 fully saturated rings. The van der Waals surface area contributed by atoms with Crippen LogP contribution in [0.5, 0.6) is 0 Å². The average molecular weight is 341 g/mol. The highest BCUT2D eigenvalue weighted by Gasteiger charge is 2.38. The van der Waals surface area contributed by atoms with Crippen LogP contribution >= 0.6 is 11.8 Å². The van der Waals surface area contributed by atoms with Crippen LogP contribution < -0.4 is 0 Å². The molecular formula is C18H25F2NOS. The number of thioether (sulfide) groups is 1. The van der Waals surface area contributed by atoms with Gasteiger partial charge in [-0.2, -0.15) is 11.8 Å². The molecule has 2 aliphatic heterocycles. The summed E-state index contributed by atoms with van der Waals surface area (Å²) in [6.07, 6.45) is 4.83. The molecule has 0 bridgehead atoms. The highest BCUT2D eigenvalue weighted by atomic mass is 32.2. The lowest BCUT2D eigenvalue weighted by Crippen LogP contribution is -2.51. The molecule has 0 spiro atoms. The molecule has 23 heavy (non-hydrogen) atoms. The average Bonchev–Trinajstić information content (AvgIpc) is 2.58. The highest BCUT2D eigenvalue weighted by Crippen LogP contribution is 2.36. The number of hydrogen-bond acceptors (Lipinski definition) is 3. The normalized spacial score (nSPS) is 27.3. The monoisotopic (exact) mass is 341 g/mol. The van der Waals surface area contributed by atoms with Gasteiger partial charge in [-0.05, 0) is 61.8 Å². The van der Waals surface area contributed by atoms with E-state index in [1.54, 1.807) is 0 Å². The molecular weight excluding hydrogens is 316 g/mol. The fourth-order valence-corrected chi connectivity index (χ4v) is 5.09. The minimum absolute atomic E-state index is 0.0573. The molecule has 2 aliphatic rings. The Morgan fingerprint density at radius 2 is 2.04 bits per heavy atom. The third kappa shape index (κ3) is 4.06. The van der Waals surface area contributed by atoms with Crippen LogP contribution in [0.1, 0.15) is 31.2 Å². The summed E-state index contributed by atoms with van der Waals surface area (Å²) < 4.78 is 27.1. The molecule has 2 saturated heterocycles. The third-order valence-electron chi connectivity index (χ3n) is 5.31. The summed E-state index contributed by atoms with van der Waals surface area (Å²) in [6.45, 7) is 1.94. The van der Waals surface area contributed by atoms with E-state index in [2.05, 4.69) is 4.90 Å². The maximum Gasteiger partial charge on any atom is 0.129 e. The second kappa shape index (κ2) is 7.49. The van der Waals surface area contributed by atoms with Crippen LogP contribution in [0.2, 0.25) is 0 Å². The number of aliphatic hydroxyl groups excluding tert-OH is 1. The van der Waals surface area contributed by atoms with Gasteiger partial charge in [-0.25, -0.2) is 8.78 Å². The molecule has 1 aromatic carbocycles. The molecule has 0 aromatic heterocycles. The predicted molar refractivity (Wildman–Crippen MR) is 90.7 cm³/mol. The van der Waals surface area contributed by atoms with Crippen molar-refractivity contribution in [3.63, 3.8) is 0 Å². The molecule has 1 unspecified atom stereocenters. The van der Waals surface area contributed by atoms with Gasteiger partial charge in [0.25, 0.3) is 0 Å². The Bertz CT molecular complexity index is 536. The summed E-state index contributed by atoms with van der Waals surface area (Å²) in [4.78, 5) is 2.50. The lowest BCUT2D eigenvalue weighted by Gasteiger charge is -2.46. The largest absolute Gasteiger partial charge is 0.396 e. The van der Waals surface area contributed by atoms with Gasteiger partial charge in [0.1, 0.15) is 11.6 Å². The number of aliphatic hydroxyl groups is 1. The minimum Gasteiger partial charge on any atom is -0.396 e. The van der Waals surface area contributed by atoms with Crippen molar-refractivity contribution < 1.29 is 13.9 Å². The molecule has 0 radical (unpaired) electrons. The molecule has 0 amide bonds. The van der Waals surface area contributed by atoms with Crippen molar-refractivity contribution >= 4 is 11.8 Å². The minimum atomic E-state index is -0.547. The van der Waals surface area contributed by atoms with Crippen LogP contribution in [-0.4, -0.2) is 47.3 Å². The number of likely N-dealkylation sites (tertiary alicyclic amines) is 1. The zero-order chi connectivity index (χ0) is 16.3. The lowest BCUT2D eigenvalue weighted by atomic mass is 9.75. The summed E-state index contributed by atoms with van der Waals surface area (Å²) in [5.74, 6) is 1.37. The third-order valence-corrected chi connectivity index (χ3v) is 6.36. The smallest absolute Gasteiger partial charge is 0.129 e. The van der Waals surface area contributed by atoms with Crippen molar-refractivity contribution in [2.75, 3.05) is 31.2 Å². The van der Waals surface area contributed by atoms with E-state index in [0.717, 1.165) is 32.0 Å². The quantitative estimate of drug-likeness (QED) is 0.907. The maximum atomic E-state index is 14.0. The van der Waals surface area contributed by atoms with Crippen LogP contribution in [0.3, 0.4) is 0 Å². The van der Waals surface area contributed by atoms with E-state index in [1.165, 1.54) is 36.5 Å². The van der Waals surface area contributed by atoms with Gasteiger partial charge in [-0.3, -0.25) is 4.90 Å². The second-order valence-corrected chi connectivity index (χ2v) is 8.21. The van der Waals surface area contributed by atoms with Gasteiger partial charge in [0.15, 0.2) is 0 Å². The van der Waals surface area contributed by atoms with Crippen LogP contribution in [0.25, 0.3) is 0 Å². The van der Waals surface area contributed by atoms with Gasteiger partial charge in [0, 0.05) is 24.1 Å². The number of rotatable bonds is 4. The molecule has 2 nitrogen and oxygen atoms in total. The number of hydrogen-bond donors (Lipinski definition) is 1. The first-order chi connectivity index (χ1) is 11.1. The van der Waals surface area contributed by atoms with Gasteiger partial charge in [-0.1, -0.05) is 6.07 Å². The van der Waals surface area contributed by atoms with E-state index in [9.17, 15) is 13.9 Å². The molecule has 1 atom stereocenters. The fourth-order valence-electron chi connectivity index (χ4n) is 4.01. The zero-order valence-corrected chi connectivity index (χ0v) is 14.3. The Kier molecular flexibility index (Phi) is 5.60. The lowest BCUT2D eigenvalue weighted by molar-refractivity contribution is 0.0101. The topological polar surface area (TPSA) is 23.5 Å². The molecule has 1 aromatic rings. The van der Waals surface area contributed by atoms with E-state index in [1.807, 2.05) is 11.8 Å². The number of piperidine rings is 1. The van der Waals surface area contributed by atoms with Gasteiger partial charge in [-0.15, -0.1) is 0 Å². The van der Waals surface area contributed by atoms with Crippen molar-refractivity contribution in [2.45, 2.75) is 38.1 Å². The van der Waals surface area contributed by atoms with E-state index in [0.29, 0.717) is 18.0 Å². The fraction of sp³-hybridized carbons (Fsp3) is 0.667. The Hall–Kier alpha value is -0.650. The van der Waals surface area contributed by atoms with E-state index in [-0.39, 0.29) is 12.0 Å². The SMILES string of the molecule is OCC1(Cc2ccc(F)cc2F)CCCN(C2CCSCC2)C1. The first kappa shape index (κ1) is 17.2. The Labute approximate surface area is 141 Å². The van der Waals surface area contributed by atoms with Crippen molar-refractivity contribution in [3.05, 3.63) is 35.4 Å². The summed E-state index contributed by atoms with van der Waals surface area (Å²) in [7, 11) is 0. The van der Waals surface area contributed by atoms with Crippen molar-refractivity contribution in [1.29, 1.82) is 0 Å². The van der Waals surface area contributed by atoms with Crippen molar-refractivity contribution in [1.82, 2.24) is 4.90 Å². The van der Waals surface area contributed by atoms with Gasteiger partial charge in [0.2, 0.25) is 0 Å². The van der Waals surface area contributed by atoms with Crippen LogP contribution in [-0.2, 0) is 6.42 Å². The van der Waals surface area contributed by atoms with Gasteiger partial charge in [0.05, 0.1) is 6.61 Å². The molecule has 0 saturated carbocycles. The predicted octanol–water partition coefficient (Wildman–Crippen LogP) is 3.48.